The van der Waals surface area contributed by atoms with E-state index in [0.29, 0.717) is 17.3 Å². The lowest BCUT2D eigenvalue weighted by atomic mass is 10.1. The minimum atomic E-state index is -3.81. The first-order valence-electron chi connectivity index (χ1n) is 8.74. The maximum absolute atomic E-state index is 12.9. The predicted molar refractivity (Wildman–Crippen MR) is 112 cm³/mol. The third-order valence-electron chi connectivity index (χ3n) is 4.56. The minimum absolute atomic E-state index is 0.101. The molecule has 0 saturated carbocycles. The van der Waals surface area contributed by atoms with Crippen molar-refractivity contribution in [2.24, 2.45) is 0 Å². The topological polar surface area (TPSA) is 71.5 Å². The molecule has 0 radical (unpaired) electrons. The highest BCUT2D eigenvalue weighted by atomic mass is 32.2. The first-order chi connectivity index (χ1) is 13.3. The molecule has 0 unspecified atom stereocenters. The molecular weight excluding hydrogens is 374 g/mol. The number of rotatable bonds is 6. The van der Waals surface area contributed by atoms with Crippen LogP contribution in [0.25, 0.3) is 0 Å². The average Bonchev–Trinajstić information content (AvgIpc) is 2.70. The van der Waals surface area contributed by atoms with Crippen LogP contribution in [0.4, 0.5) is 17.2 Å². The van der Waals surface area contributed by atoms with Crippen molar-refractivity contribution in [3.8, 4) is 5.75 Å². The number of hydrogen-bond donors (Lipinski definition) is 1. The molecule has 1 aromatic heterocycles. The van der Waals surface area contributed by atoms with Gasteiger partial charge in [0.1, 0.15) is 16.5 Å². The molecule has 0 spiro atoms. The molecular formula is C21H23N3O3S. The highest BCUT2D eigenvalue weighted by Crippen LogP contribution is 2.29. The van der Waals surface area contributed by atoms with E-state index in [1.54, 1.807) is 24.3 Å². The number of ether oxygens (including phenoxy) is 1. The minimum Gasteiger partial charge on any atom is -0.495 e. The van der Waals surface area contributed by atoms with Gasteiger partial charge < -0.3 is 9.64 Å². The molecule has 0 aliphatic carbocycles. The fourth-order valence-electron chi connectivity index (χ4n) is 2.77. The normalized spacial score (nSPS) is 11.1. The fraction of sp³-hybridized carbons (Fsp3) is 0.190. The Balaban J connectivity index is 1.85. The quantitative estimate of drug-likeness (QED) is 0.672. The lowest BCUT2D eigenvalue weighted by molar-refractivity contribution is 0.402. The molecule has 0 saturated heterocycles. The van der Waals surface area contributed by atoms with E-state index in [4.69, 9.17) is 4.74 Å². The van der Waals surface area contributed by atoms with E-state index >= 15 is 0 Å². The predicted octanol–water partition coefficient (Wildman–Crippen LogP) is 4.28. The lowest BCUT2D eigenvalue weighted by Gasteiger charge is -2.18. The van der Waals surface area contributed by atoms with Gasteiger partial charge in [-0.3, -0.25) is 4.72 Å². The molecule has 0 atom stereocenters. The molecule has 7 heteroatoms. The number of methoxy groups -OCH3 is 1. The Morgan fingerprint density at radius 2 is 1.68 bits per heavy atom. The second kappa shape index (κ2) is 7.90. The van der Waals surface area contributed by atoms with Crippen molar-refractivity contribution in [3.63, 3.8) is 0 Å². The molecule has 3 aromatic rings. The second-order valence-corrected chi connectivity index (χ2v) is 8.14. The molecule has 0 fully saturated rings. The zero-order valence-corrected chi connectivity index (χ0v) is 17.1. The zero-order valence-electron chi connectivity index (χ0n) is 16.3. The van der Waals surface area contributed by atoms with Crippen LogP contribution in [0.2, 0.25) is 0 Å². The van der Waals surface area contributed by atoms with Crippen LogP contribution in [0, 0.1) is 13.8 Å². The Labute approximate surface area is 165 Å². The summed E-state index contributed by atoms with van der Waals surface area (Å²) in [6.45, 7) is 3.77. The Kier molecular flexibility index (Phi) is 5.56. The van der Waals surface area contributed by atoms with Crippen LogP contribution in [0.1, 0.15) is 11.1 Å². The number of aryl methyl sites for hydroxylation is 2. The van der Waals surface area contributed by atoms with Crippen molar-refractivity contribution in [1.29, 1.82) is 0 Å². The lowest BCUT2D eigenvalue weighted by Crippen LogP contribution is -2.15. The van der Waals surface area contributed by atoms with E-state index < -0.39 is 10.0 Å². The number of nitrogens with zero attached hydrogens (tertiary/aromatic N) is 2. The molecule has 0 amide bonds. The van der Waals surface area contributed by atoms with E-state index in [2.05, 4.69) is 9.71 Å². The van der Waals surface area contributed by atoms with Gasteiger partial charge in [-0.2, -0.15) is 0 Å². The van der Waals surface area contributed by atoms with Crippen molar-refractivity contribution in [1.82, 2.24) is 4.98 Å². The van der Waals surface area contributed by atoms with Crippen LogP contribution in [0.3, 0.4) is 0 Å². The highest BCUT2D eigenvalue weighted by molar-refractivity contribution is 7.92. The van der Waals surface area contributed by atoms with Crippen molar-refractivity contribution in [3.05, 3.63) is 71.9 Å². The molecule has 1 heterocycles. The summed E-state index contributed by atoms with van der Waals surface area (Å²) in [6.07, 6.45) is 1.50. The van der Waals surface area contributed by atoms with Crippen LogP contribution >= 0.6 is 0 Å². The zero-order chi connectivity index (χ0) is 20.3. The van der Waals surface area contributed by atoms with Crippen molar-refractivity contribution in [2.45, 2.75) is 18.7 Å². The Hall–Kier alpha value is -3.06. The van der Waals surface area contributed by atoms with Gasteiger partial charge in [-0.25, -0.2) is 13.4 Å². The molecule has 3 rings (SSSR count). The fourth-order valence-corrected chi connectivity index (χ4v) is 4.05. The van der Waals surface area contributed by atoms with Crippen LogP contribution in [-0.2, 0) is 10.0 Å². The molecule has 0 aliphatic heterocycles. The van der Waals surface area contributed by atoms with Gasteiger partial charge in [-0.05, 0) is 61.4 Å². The molecule has 0 aliphatic rings. The number of sulfonamides is 1. The summed E-state index contributed by atoms with van der Waals surface area (Å²) >= 11 is 0. The number of para-hydroxylation sites is 1. The maximum atomic E-state index is 12.9. The van der Waals surface area contributed by atoms with Crippen molar-refractivity contribution < 1.29 is 13.2 Å². The summed E-state index contributed by atoms with van der Waals surface area (Å²) in [5.74, 6) is 1.02. The first-order valence-corrected chi connectivity index (χ1v) is 10.2. The molecule has 2 aromatic carbocycles. The molecule has 1 N–H and O–H groups in total. The maximum Gasteiger partial charge on any atom is 0.265 e. The largest absolute Gasteiger partial charge is 0.495 e. The van der Waals surface area contributed by atoms with Crippen LogP contribution in [0.5, 0.6) is 5.75 Å². The number of benzene rings is 2. The molecule has 6 nitrogen and oxygen atoms in total. The summed E-state index contributed by atoms with van der Waals surface area (Å²) in [6, 6.07) is 16.6. The number of pyridine rings is 1. The van der Waals surface area contributed by atoms with Gasteiger partial charge in [0, 0.05) is 12.7 Å². The number of hydrogen-bond acceptors (Lipinski definition) is 5. The van der Waals surface area contributed by atoms with Gasteiger partial charge in [0.15, 0.2) is 0 Å². The van der Waals surface area contributed by atoms with Gasteiger partial charge in [0.25, 0.3) is 10.0 Å². The number of anilines is 3. The Bertz CT molecular complexity index is 1070. The van der Waals surface area contributed by atoms with Crippen molar-refractivity contribution >= 4 is 27.2 Å². The second-order valence-electron chi connectivity index (χ2n) is 6.49. The van der Waals surface area contributed by atoms with Crippen LogP contribution < -0.4 is 14.4 Å². The van der Waals surface area contributed by atoms with E-state index in [0.717, 1.165) is 16.8 Å². The van der Waals surface area contributed by atoms with E-state index in [-0.39, 0.29) is 4.90 Å². The smallest absolute Gasteiger partial charge is 0.265 e. The number of aromatic nitrogens is 1. The van der Waals surface area contributed by atoms with Gasteiger partial charge in [0.2, 0.25) is 0 Å². The first kappa shape index (κ1) is 19.7. The summed E-state index contributed by atoms with van der Waals surface area (Å²) in [5.41, 5.74) is 3.21. The Morgan fingerprint density at radius 3 is 2.29 bits per heavy atom. The molecule has 146 valence electrons. The average molecular weight is 398 g/mol. The van der Waals surface area contributed by atoms with E-state index in [1.165, 1.54) is 13.3 Å². The summed E-state index contributed by atoms with van der Waals surface area (Å²) in [5, 5.41) is 0. The third-order valence-corrected chi connectivity index (χ3v) is 5.96. The standard InChI is InChI=1S/C21H23N3O3S/c1-15-12-19(27-4)20(13-16(15)2)28(25,26)23-17-10-11-21(22-14-17)24(3)18-8-6-5-7-9-18/h5-14,23H,1-4H3. The molecule has 0 bridgehead atoms. The monoisotopic (exact) mass is 397 g/mol. The third kappa shape index (κ3) is 4.09. The van der Waals surface area contributed by atoms with Gasteiger partial charge in [-0.15, -0.1) is 0 Å². The summed E-state index contributed by atoms with van der Waals surface area (Å²) in [4.78, 5) is 6.40. The van der Waals surface area contributed by atoms with Gasteiger partial charge in [0.05, 0.1) is 19.0 Å². The Morgan fingerprint density at radius 1 is 1.00 bits per heavy atom. The van der Waals surface area contributed by atoms with Crippen molar-refractivity contribution in [2.75, 3.05) is 23.8 Å². The summed E-state index contributed by atoms with van der Waals surface area (Å²) in [7, 11) is -0.448. The number of nitrogens with one attached hydrogen (secondary N) is 1. The van der Waals surface area contributed by atoms with E-state index in [1.807, 2.05) is 56.1 Å². The summed E-state index contributed by atoms with van der Waals surface area (Å²) < 4.78 is 33.5. The van der Waals surface area contributed by atoms with Gasteiger partial charge in [-0.1, -0.05) is 18.2 Å². The van der Waals surface area contributed by atoms with E-state index in [9.17, 15) is 8.42 Å². The SMILES string of the molecule is COc1cc(C)c(C)cc1S(=O)(=O)Nc1ccc(N(C)c2ccccc2)nc1. The van der Waals surface area contributed by atoms with Crippen LogP contribution in [0.15, 0.2) is 65.7 Å². The van der Waals surface area contributed by atoms with Crippen LogP contribution in [-0.4, -0.2) is 27.6 Å². The van der Waals surface area contributed by atoms with Gasteiger partial charge >= 0.3 is 0 Å². The molecule has 28 heavy (non-hydrogen) atoms. The highest BCUT2D eigenvalue weighted by Gasteiger charge is 2.21.